The van der Waals surface area contributed by atoms with Gasteiger partial charge in [-0.1, -0.05) is 0 Å². The highest BCUT2D eigenvalue weighted by Crippen LogP contribution is 2.20. The Labute approximate surface area is 107 Å². The molecule has 2 heterocycles. The Hall–Kier alpha value is -0.120. The average Bonchev–Trinajstić information content (AvgIpc) is 2.29. The van der Waals surface area contributed by atoms with Crippen molar-refractivity contribution in [3.05, 3.63) is 0 Å². The van der Waals surface area contributed by atoms with Crippen LogP contribution in [-0.4, -0.2) is 62.2 Å². The van der Waals surface area contributed by atoms with Gasteiger partial charge in [-0.15, -0.1) is 0 Å². The highest BCUT2D eigenvalue weighted by molar-refractivity contribution is 4.81. The van der Waals surface area contributed by atoms with E-state index >= 15 is 0 Å². The van der Waals surface area contributed by atoms with Gasteiger partial charge in [0.15, 0.2) is 0 Å². The molecule has 0 aromatic heterocycles. The van der Waals surface area contributed by atoms with Crippen molar-refractivity contribution < 1.29 is 0 Å². The fourth-order valence-corrected chi connectivity index (χ4v) is 3.38. The van der Waals surface area contributed by atoms with Crippen LogP contribution in [0.3, 0.4) is 0 Å². The maximum Gasteiger partial charge on any atom is 0.0113 e. The monoisotopic (exact) mass is 239 g/mol. The number of hydrogen-bond acceptors (Lipinski definition) is 3. The van der Waals surface area contributed by atoms with E-state index in [2.05, 4.69) is 36.1 Å². The molecule has 2 atom stereocenters. The highest BCUT2D eigenvalue weighted by Gasteiger charge is 2.24. The Morgan fingerprint density at radius 1 is 1.18 bits per heavy atom. The molecule has 2 aliphatic heterocycles. The maximum absolute atomic E-state index is 3.55. The first-order chi connectivity index (χ1) is 8.15. The quantitative estimate of drug-likeness (QED) is 0.803. The minimum absolute atomic E-state index is 0.730. The van der Waals surface area contributed by atoms with Crippen molar-refractivity contribution in [3.8, 4) is 0 Å². The van der Waals surface area contributed by atoms with E-state index in [9.17, 15) is 0 Å². The molecule has 2 fully saturated rings. The van der Waals surface area contributed by atoms with Crippen LogP contribution in [0.1, 0.15) is 32.6 Å². The van der Waals surface area contributed by atoms with E-state index in [-0.39, 0.29) is 0 Å². The molecule has 0 aromatic rings. The molecule has 0 amide bonds. The Kier molecular flexibility index (Phi) is 4.83. The second-order valence-corrected chi connectivity index (χ2v) is 6.24. The lowest BCUT2D eigenvalue weighted by atomic mass is 9.92. The van der Waals surface area contributed by atoms with Gasteiger partial charge in [-0.25, -0.2) is 0 Å². The van der Waals surface area contributed by atoms with Crippen LogP contribution in [-0.2, 0) is 0 Å². The molecule has 3 nitrogen and oxygen atoms in total. The molecule has 3 heteroatoms. The van der Waals surface area contributed by atoms with Crippen molar-refractivity contribution in [1.29, 1.82) is 0 Å². The summed E-state index contributed by atoms with van der Waals surface area (Å²) in [5, 5.41) is 3.55. The zero-order valence-corrected chi connectivity index (χ0v) is 11.8. The van der Waals surface area contributed by atoms with Crippen molar-refractivity contribution in [2.45, 2.75) is 44.7 Å². The molecule has 2 rings (SSSR count). The van der Waals surface area contributed by atoms with Crippen LogP contribution in [0.25, 0.3) is 0 Å². The number of piperidine rings is 2. The molecule has 0 bridgehead atoms. The lowest BCUT2D eigenvalue weighted by molar-refractivity contribution is 0.118. The van der Waals surface area contributed by atoms with Crippen LogP contribution in [0.4, 0.5) is 0 Å². The first-order valence-corrected chi connectivity index (χ1v) is 7.27. The van der Waals surface area contributed by atoms with Crippen LogP contribution in [0, 0.1) is 5.92 Å². The third-order valence-electron chi connectivity index (χ3n) is 4.54. The van der Waals surface area contributed by atoms with Gasteiger partial charge in [-0.3, -0.25) is 0 Å². The molecule has 2 saturated heterocycles. The summed E-state index contributed by atoms with van der Waals surface area (Å²) in [7, 11) is 4.43. The smallest absolute Gasteiger partial charge is 0.0113 e. The second-order valence-electron chi connectivity index (χ2n) is 6.24. The largest absolute Gasteiger partial charge is 0.314 e. The van der Waals surface area contributed by atoms with Gasteiger partial charge in [0.25, 0.3) is 0 Å². The van der Waals surface area contributed by atoms with Gasteiger partial charge in [0, 0.05) is 18.6 Å². The van der Waals surface area contributed by atoms with Gasteiger partial charge >= 0.3 is 0 Å². The lowest BCUT2D eigenvalue weighted by Gasteiger charge is -2.38. The van der Waals surface area contributed by atoms with E-state index in [1.54, 1.807) is 0 Å². The summed E-state index contributed by atoms with van der Waals surface area (Å²) in [6.07, 6.45) is 5.45. The van der Waals surface area contributed by atoms with Crippen LogP contribution < -0.4 is 5.32 Å². The van der Waals surface area contributed by atoms with E-state index in [4.69, 9.17) is 0 Å². The fraction of sp³-hybridized carbons (Fsp3) is 1.00. The molecule has 0 aliphatic carbocycles. The molecule has 1 N–H and O–H groups in total. The van der Waals surface area contributed by atoms with Crippen LogP contribution >= 0.6 is 0 Å². The summed E-state index contributed by atoms with van der Waals surface area (Å²) in [5.74, 6) is 0.933. The van der Waals surface area contributed by atoms with Gasteiger partial charge in [0.1, 0.15) is 0 Å². The van der Waals surface area contributed by atoms with E-state index < -0.39 is 0 Å². The third kappa shape index (κ3) is 3.94. The summed E-state index contributed by atoms with van der Waals surface area (Å²) >= 11 is 0. The number of nitrogens with zero attached hydrogens (tertiary/aromatic N) is 2. The zero-order valence-electron chi connectivity index (χ0n) is 11.8. The Bertz CT molecular complexity index is 222. The summed E-state index contributed by atoms with van der Waals surface area (Å²) < 4.78 is 0. The van der Waals surface area contributed by atoms with Crippen LogP contribution in [0.2, 0.25) is 0 Å². The number of likely N-dealkylation sites (tertiary alicyclic amines) is 1. The van der Waals surface area contributed by atoms with Gasteiger partial charge in [0.05, 0.1) is 0 Å². The molecular weight excluding hydrogens is 210 g/mol. The summed E-state index contributed by atoms with van der Waals surface area (Å²) in [6, 6.07) is 1.55. The average molecular weight is 239 g/mol. The third-order valence-corrected chi connectivity index (χ3v) is 4.54. The number of nitrogens with one attached hydrogen (secondary N) is 1. The Morgan fingerprint density at radius 3 is 2.47 bits per heavy atom. The lowest BCUT2D eigenvalue weighted by Crippen LogP contribution is -2.45. The minimum atomic E-state index is 0.730. The molecule has 17 heavy (non-hydrogen) atoms. The summed E-state index contributed by atoms with van der Waals surface area (Å²) in [4.78, 5) is 5.09. The summed E-state index contributed by atoms with van der Waals surface area (Å²) in [5.41, 5.74) is 0. The predicted octanol–water partition coefficient (Wildman–Crippen LogP) is 1.40. The first-order valence-electron chi connectivity index (χ1n) is 7.27. The van der Waals surface area contributed by atoms with Crippen molar-refractivity contribution >= 4 is 0 Å². The van der Waals surface area contributed by atoms with Crippen LogP contribution in [0.5, 0.6) is 0 Å². The minimum Gasteiger partial charge on any atom is -0.314 e. The molecular formula is C14H29N3. The van der Waals surface area contributed by atoms with Crippen molar-refractivity contribution in [3.63, 3.8) is 0 Å². The number of hydrogen-bond donors (Lipinski definition) is 1. The summed E-state index contributed by atoms with van der Waals surface area (Å²) in [6.45, 7) is 7.50. The normalized spacial score (nSPS) is 33.2. The highest BCUT2D eigenvalue weighted by atomic mass is 15.2. The fourth-order valence-electron chi connectivity index (χ4n) is 3.38. The van der Waals surface area contributed by atoms with Gasteiger partial charge in [-0.05, 0) is 72.3 Å². The van der Waals surface area contributed by atoms with Gasteiger partial charge < -0.3 is 15.1 Å². The predicted molar refractivity (Wildman–Crippen MR) is 73.3 cm³/mol. The maximum atomic E-state index is 3.55. The Morgan fingerprint density at radius 2 is 1.88 bits per heavy atom. The van der Waals surface area contributed by atoms with E-state index in [1.165, 1.54) is 51.9 Å². The molecule has 100 valence electrons. The zero-order chi connectivity index (χ0) is 12.3. The molecule has 2 aliphatic rings. The molecule has 0 saturated carbocycles. The SMILES string of the molecule is CC1CC(CN2CCC(N(C)C)CC2)CCN1. The van der Waals surface area contributed by atoms with E-state index in [1.807, 2.05) is 0 Å². The second kappa shape index (κ2) is 6.17. The molecule has 0 aromatic carbocycles. The number of rotatable bonds is 3. The molecule has 2 unspecified atom stereocenters. The van der Waals surface area contributed by atoms with E-state index in [0.29, 0.717) is 0 Å². The van der Waals surface area contributed by atoms with E-state index in [0.717, 1.165) is 18.0 Å². The first kappa shape index (κ1) is 13.3. The van der Waals surface area contributed by atoms with Gasteiger partial charge in [-0.2, -0.15) is 0 Å². The van der Waals surface area contributed by atoms with Gasteiger partial charge in [0.2, 0.25) is 0 Å². The topological polar surface area (TPSA) is 18.5 Å². The molecule has 0 radical (unpaired) electrons. The van der Waals surface area contributed by atoms with Crippen molar-refractivity contribution in [1.82, 2.24) is 15.1 Å². The molecule has 0 spiro atoms. The van der Waals surface area contributed by atoms with Crippen molar-refractivity contribution in [2.75, 3.05) is 40.3 Å². The standard InChI is InChI=1S/C14H29N3/c1-12-10-13(4-7-15-12)11-17-8-5-14(6-9-17)16(2)3/h12-15H,4-11H2,1-3H3. The van der Waals surface area contributed by atoms with Crippen molar-refractivity contribution in [2.24, 2.45) is 5.92 Å². The van der Waals surface area contributed by atoms with Crippen LogP contribution in [0.15, 0.2) is 0 Å². The Balaban J connectivity index is 1.70.